The van der Waals surface area contributed by atoms with Gasteiger partial charge >= 0.3 is 0 Å². The standard InChI is InChI=1S/C15H11N3O2/c19-14-9-16-13(8-17-14)15(20)18-12-6-5-10-3-1-2-4-11(10)7-12/h1-9H,(H,17,19)(H,18,20). The highest BCUT2D eigenvalue weighted by atomic mass is 16.2. The molecule has 20 heavy (non-hydrogen) atoms. The molecule has 0 saturated carbocycles. The van der Waals surface area contributed by atoms with Crippen molar-refractivity contribution >= 4 is 22.4 Å². The fourth-order valence-corrected chi connectivity index (χ4v) is 1.93. The second kappa shape index (κ2) is 4.97. The molecule has 3 aromatic rings. The average molecular weight is 265 g/mol. The number of nitrogens with zero attached hydrogens (tertiary/aromatic N) is 1. The molecule has 0 bridgehead atoms. The van der Waals surface area contributed by atoms with Gasteiger partial charge in [0, 0.05) is 11.9 Å². The molecule has 0 aliphatic carbocycles. The molecule has 0 saturated heterocycles. The van der Waals surface area contributed by atoms with Crippen molar-refractivity contribution in [2.45, 2.75) is 0 Å². The van der Waals surface area contributed by atoms with E-state index >= 15 is 0 Å². The minimum absolute atomic E-state index is 0.165. The van der Waals surface area contributed by atoms with Crippen LogP contribution < -0.4 is 10.9 Å². The SMILES string of the molecule is O=C(Nc1ccc2ccccc2c1)c1c[nH]c(=O)cn1. The molecule has 0 atom stereocenters. The van der Waals surface area contributed by atoms with Crippen molar-refractivity contribution in [3.05, 3.63) is 70.9 Å². The molecular weight excluding hydrogens is 254 g/mol. The quantitative estimate of drug-likeness (QED) is 0.745. The number of aromatic nitrogens is 2. The average Bonchev–Trinajstić information content (AvgIpc) is 2.48. The summed E-state index contributed by atoms with van der Waals surface area (Å²) in [5.74, 6) is -0.364. The maximum atomic E-state index is 12.0. The Morgan fingerprint density at radius 2 is 1.90 bits per heavy atom. The molecule has 2 aromatic carbocycles. The number of fused-ring (bicyclic) bond motifs is 1. The van der Waals surface area contributed by atoms with Gasteiger partial charge in [0.25, 0.3) is 11.5 Å². The number of hydrogen-bond acceptors (Lipinski definition) is 3. The van der Waals surface area contributed by atoms with E-state index in [1.165, 1.54) is 6.20 Å². The maximum absolute atomic E-state index is 12.0. The largest absolute Gasteiger partial charge is 0.325 e. The Labute approximate surface area is 114 Å². The van der Waals surface area contributed by atoms with E-state index in [-0.39, 0.29) is 17.2 Å². The second-order valence-corrected chi connectivity index (χ2v) is 4.31. The number of aromatic amines is 1. The van der Waals surface area contributed by atoms with Gasteiger partial charge in [-0.1, -0.05) is 30.3 Å². The van der Waals surface area contributed by atoms with Crippen molar-refractivity contribution in [2.75, 3.05) is 5.32 Å². The first-order chi connectivity index (χ1) is 9.72. The number of amides is 1. The molecule has 1 heterocycles. The number of nitrogens with one attached hydrogen (secondary N) is 2. The van der Waals surface area contributed by atoms with E-state index in [1.807, 2.05) is 42.5 Å². The van der Waals surface area contributed by atoms with Crippen LogP contribution in [0.1, 0.15) is 10.5 Å². The van der Waals surface area contributed by atoms with Gasteiger partial charge in [0.05, 0.1) is 6.20 Å². The van der Waals surface area contributed by atoms with Crippen molar-refractivity contribution in [2.24, 2.45) is 0 Å². The Morgan fingerprint density at radius 3 is 2.65 bits per heavy atom. The van der Waals surface area contributed by atoms with E-state index in [2.05, 4.69) is 15.3 Å². The molecule has 0 fully saturated rings. The fraction of sp³-hybridized carbons (Fsp3) is 0. The maximum Gasteiger partial charge on any atom is 0.275 e. The highest BCUT2D eigenvalue weighted by Gasteiger charge is 2.07. The molecule has 0 spiro atoms. The van der Waals surface area contributed by atoms with Crippen LogP contribution in [0.2, 0.25) is 0 Å². The fourth-order valence-electron chi connectivity index (χ4n) is 1.93. The van der Waals surface area contributed by atoms with Crippen LogP contribution in [-0.4, -0.2) is 15.9 Å². The predicted molar refractivity (Wildman–Crippen MR) is 76.8 cm³/mol. The summed E-state index contributed by atoms with van der Waals surface area (Å²) >= 11 is 0. The van der Waals surface area contributed by atoms with Gasteiger partial charge in [0.15, 0.2) is 0 Å². The molecule has 0 aliphatic rings. The third-order valence-corrected chi connectivity index (χ3v) is 2.91. The lowest BCUT2D eigenvalue weighted by Gasteiger charge is -2.05. The van der Waals surface area contributed by atoms with E-state index in [9.17, 15) is 9.59 Å². The number of carbonyl (C=O) groups excluding carboxylic acids is 1. The summed E-state index contributed by atoms with van der Waals surface area (Å²) < 4.78 is 0. The normalized spacial score (nSPS) is 10.4. The number of carbonyl (C=O) groups is 1. The molecule has 3 rings (SSSR count). The van der Waals surface area contributed by atoms with Crippen molar-refractivity contribution in [1.82, 2.24) is 9.97 Å². The molecule has 98 valence electrons. The van der Waals surface area contributed by atoms with Crippen molar-refractivity contribution in [3.8, 4) is 0 Å². The molecule has 2 N–H and O–H groups in total. The lowest BCUT2D eigenvalue weighted by Crippen LogP contribution is -2.16. The van der Waals surface area contributed by atoms with E-state index < -0.39 is 0 Å². The van der Waals surface area contributed by atoms with Gasteiger partial charge in [-0.2, -0.15) is 0 Å². The Hall–Kier alpha value is -2.95. The van der Waals surface area contributed by atoms with E-state index in [1.54, 1.807) is 0 Å². The molecule has 1 amide bonds. The smallest absolute Gasteiger partial charge is 0.275 e. The zero-order chi connectivity index (χ0) is 13.9. The third kappa shape index (κ3) is 2.42. The van der Waals surface area contributed by atoms with Gasteiger partial charge < -0.3 is 10.3 Å². The van der Waals surface area contributed by atoms with Gasteiger partial charge in [0.2, 0.25) is 0 Å². The third-order valence-electron chi connectivity index (χ3n) is 2.91. The lowest BCUT2D eigenvalue weighted by atomic mass is 10.1. The van der Waals surface area contributed by atoms with Crippen LogP contribution in [0.25, 0.3) is 10.8 Å². The van der Waals surface area contributed by atoms with Gasteiger partial charge in [-0.25, -0.2) is 4.98 Å². The summed E-state index contributed by atoms with van der Waals surface area (Å²) in [5.41, 5.74) is 0.506. The van der Waals surface area contributed by atoms with Crippen LogP contribution >= 0.6 is 0 Å². The number of H-pyrrole nitrogens is 1. The lowest BCUT2D eigenvalue weighted by molar-refractivity contribution is 0.102. The van der Waals surface area contributed by atoms with E-state index in [0.29, 0.717) is 5.69 Å². The summed E-state index contributed by atoms with van der Waals surface area (Å²) in [4.78, 5) is 29.1. The molecule has 0 aliphatic heterocycles. The number of hydrogen-bond donors (Lipinski definition) is 2. The minimum atomic E-state index is -0.364. The summed E-state index contributed by atoms with van der Waals surface area (Å²) in [6, 6.07) is 13.5. The zero-order valence-electron chi connectivity index (χ0n) is 10.5. The molecule has 5 heteroatoms. The summed E-state index contributed by atoms with van der Waals surface area (Å²) in [6.45, 7) is 0. The first-order valence-electron chi connectivity index (χ1n) is 6.07. The Balaban J connectivity index is 1.87. The first kappa shape index (κ1) is 12.1. The summed E-state index contributed by atoms with van der Waals surface area (Å²) in [5, 5.41) is 4.89. The van der Waals surface area contributed by atoms with Gasteiger partial charge in [-0.05, 0) is 22.9 Å². The predicted octanol–water partition coefficient (Wildman–Crippen LogP) is 2.18. The number of anilines is 1. The van der Waals surface area contributed by atoms with Crippen LogP contribution in [0.4, 0.5) is 5.69 Å². The second-order valence-electron chi connectivity index (χ2n) is 4.31. The van der Waals surface area contributed by atoms with Gasteiger partial charge in [-0.3, -0.25) is 9.59 Å². The topological polar surface area (TPSA) is 74.8 Å². The van der Waals surface area contributed by atoms with Gasteiger partial charge in [-0.15, -0.1) is 0 Å². The van der Waals surface area contributed by atoms with Crippen LogP contribution in [0.5, 0.6) is 0 Å². The zero-order valence-corrected chi connectivity index (χ0v) is 10.5. The molecule has 0 unspecified atom stereocenters. The molecule has 1 aromatic heterocycles. The Bertz CT molecular complexity index is 819. The van der Waals surface area contributed by atoms with Crippen LogP contribution in [0.15, 0.2) is 59.7 Å². The van der Waals surface area contributed by atoms with Crippen LogP contribution in [0.3, 0.4) is 0 Å². The summed E-state index contributed by atoms with van der Waals surface area (Å²) in [6.07, 6.45) is 2.37. The van der Waals surface area contributed by atoms with Crippen LogP contribution in [0, 0.1) is 0 Å². The monoisotopic (exact) mass is 265 g/mol. The first-order valence-corrected chi connectivity index (χ1v) is 6.07. The highest BCUT2D eigenvalue weighted by molar-refractivity contribution is 6.03. The van der Waals surface area contributed by atoms with Gasteiger partial charge in [0.1, 0.15) is 5.69 Å². The molecule has 5 nitrogen and oxygen atoms in total. The van der Waals surface area contributed by atoms with Crippen LogP contribution in [-0.2, 0) is 0 Å². The Kier molecular flexibility index (Phi) is 3.01. The molecular formula is C15H11N3O2. The highest BCUT2D eigenvalue weighted by Crippen LogP contribution is 2.19. The van der Waals surface area contributed by atoms with E-state index in [4.69, 9.17) is 0 Å². The minimum Gasteiger partial charge on any atom is -0.325 e. The number of rotatable bonds is 2. The van der Waals surface area contributed by atoms with Crippen molar-refractivity contribution in [1.29, 1.82) is 0 Å². The van der Waals surface area contributed by atoms with Crippen molar-refractivity contribution in [3.63, 3.8) is 0 Å². The van der Waals surface area contributed by atoms with E-state index in [0.717, 1.165) is 17.0 Å². The summed E-state index contributed by atoms with van der Waals surface area (Å²) in [7, 11) is 0. The Morgan fingerprint density at radius 1 is 1.10 bits per heavy atom. The van der Waals surface area contributed by atoms with Crippen molar-refractivity contribution < 1.29 is 4.79 Å². The number of benzene rings is 2. The molecule has 0 radical (unpaired) electrons.